The van der Waals surface area contributed by atoms with Crippen molar-refractivity contribution < 1.29 is 9.53 Å². The first-order valence-electron chi connectivity index (χ1n) is 7.54. The Morgan fingerprint density at radius 3 is 2.90 bits per heavy atom. The smallest absolute Gasteiger partial charge is 0.326 e. The number of hydrogen-bond donors (Lipinski definition) is 1. The fourth-order valence-corrected chi connectivity index (χ4v) is 4.31. The van der Waals surface area contributed by atoms with Crippen LogP contribution in [0, 0.1) is 19.8 Å². The molecular weight excluding hydrogens is 282 g/mol. The number of ether oxygens (including phenoxy) is 1. The minimum Gasteiger partial charge on any atom is -0.468 e. The zero-order chi connectivity index (χ0) is 15.5. The molecule has 3 nitrogen and oxygen atoms in total. The van der Waals surface area contributed by atoms with Crippen LogP contribution in [0.25, 0.3) is 0 Å². The van der Waals surface area contributed by atoms with Gasteiger partial charge in [-0.25, -0.2) is 0 Å². The van der Waals surface area contributed by atoms with Crippen LogP contribution in [-0.4, -0.2) is 24.4 Å². The lowest BCUT2D eigenvalue weighted by molar-refractivity contribution is -0.148. The number of aryl methyl sites for hydroxylation is 2. The largest absolute Gasteiger partial charge is 0.468 e. The molecule has 1 aliphatic carbocycles. The Morgan fingerprint density at radius 1 is 1.48 bits per heavy atom. The first-order chi connectivity index (χ1) is 9.97. The van der Waals surface area contributed by atoms with Crippen molar-refractivity contribution in [3.8, 4) is 0 Å². The molecule has 1 aromatic carbocycles. The Morgan fingerprint density at radius 2 is 2.24 bits per heavy atom. The van der Waals surface area contributed by atoms with Crippen molar-refractivity contribution in [2.75, 3.05) is 12.9 Å². The summed E-state index contributed by atoms with van der Waals surface area (Å²) in [6, 6.07) is 6.53. The zero-order valence-corrected chi connectivity index (χ0v) is 14.0. The summed E-state index contributed by atoms with van der Waals surface area (Å²) in [5.74, 6) is 0.981. The number of benzene rings is 1. The van der Waals surface area contributed by atoms with E-state index in [0.717, 1.165) is 31.4 Å². The maximum atomic E-state index is 11.9. The van der Waals surface area contributed by atoms with Crippen LogP contribution in [0.4, 0.5) is 0 Å². The third-order valence-corrected chi connectivity index (χ3v) is 5.70. The molecule has 0 spiro atoms. The molecule has 1 aromatic rings. The molecule has 116 valence electrons. The minimum atomic E-state index is -0.766. The number of hydrogen-bond acceptors (Lipinski definition) is 4. The summed E-state index contributed by atoms with van der Waals surface area (Å²) in [7, 11) is 1.43. The summed E-state index contributed by atoms with van der Waals surface area (Å²) in [5, 5.41) is 0. The Bertz CT molecular complexity index is 518. The van der Waals surface area contributed by atoms with Crippen LogP contribution in [0.2, 0.25) is 0 Å². The number of thioether (sulfide) groups is 1. The highest BCUT2D eigenvalue weighted by Gasteiger charge is 2.46. The van der Waals surface area contributed by atoms with Crippen molar-refractivity contribution >= 4 is 17.7 Å². The number of carbonyl (C=O) groups excluding carboxylic acids is 1. The van der Waals surface area contributed by atoms with Gasteiger partial charge in [-0.1, -0.05) is 24.1 Å². The maximum absolute atomic E-state index is 11.9. The fourth-order valence-electron chi connectivity index (χ4n) is 3.24. The molecule has 21 heavy (non-hydrogen) atoms. The Hall–Kier alpha value is -1.00. The van der Waals surface area contributed by atoms with Gasteiger partial charge in [0.1, 0.15) is 5.54 Å². The van der Waals surface area contributed by atoms with Gasteiger partial charge in [0.25, 0.3) is 0 Å². The topological polar surface area (TPSA) is 52.3 Å². The summed E-state index contributed by atoms with van der Waals surface area (Å²) < 4.78 is 4.89. The highest BCUT2D eigenvalue weighted by Crippen LogP contribution is 2.38. The van der Waals surface area contributed by atoms with Crippen molar-refractivity contribution in [1.82, 2.24) is 0 Å². The lowest BCUT2D eigenvalue weighted by atomic mass is 9.86. The average molecular weight is 307 g/mol. The Labute approximate surface area is 131 Å². The van der Waals surface area contributed by atoms with Gasteiger partial charge in [-0.15, -0.1) is 11.8 Å². The van der Waals surface area contributed by atoms with Crippen LogP contribution in [0.5, 0.6) is 0 Å². The lowest BCUT2D eigenvalue weighted by Crippen LogP contribution is -2.51. The zero-order valence-electron chi connectivity index (χ0n) is 13.1. The van der Waals surface area contributed by atoms with Gasteiger partial charge in [0.2, 0.25) is 0 Å². The van der Waals surface area contributed by atoms with E-state index in [0.29, 0.717) is 0 Å². The maximum Gasteiger partial charge on any atom is 0.326 e. The molecule has 0 heterocycles. The second-order valence-electron chi connectivity index (χ2n) is 6.03. The first kappa shape index (κ1) is 16.4. The van der Waals surface area contributed by atoms with Gasteiger partial charge in [-0.3, -0.25) is 4.79 Å². The molecule has 1 aliphatic rings. The Balaban J connectivity index is 1.92. The number of methoxy groups -OCH3 is 1. The third-order valence-electron chi connectivity index (χ3n) is 4.49. The van der Waals surface area contributed by atoms with Gasteiger partial charge in [-0.05, 0) is 56.4 Å². The van der Waals surface area contributed by atoms with E-state index >= 15 is 0 Å². The molecule has 4 heteroatoms. The van der Waals surface area contributed by atoms with Gasteiger partial charge >= 0.3 is 5.97 Å². The molecular formula is C17H25NO2S. The number of rotatable bonds is 5. The minimum absolute atomic E-state index is 0.239. The molecule has 0 saturated heterocycles. The van der Waals surface area contributed by atoms with E-state index in [1.807, 2.05) is 11.8 Å². The number of nitrogens with two attached hydrogens (primary N) is 1. The van der Waals surface area contributed by atoms with Crippen molar-refractivity contribution in [3.05, 3.63) is 29.3 Å². The van der Waals surface area contributed by atoms with Crippen molar-refractivity contribution in [2.45, 2.75) is 50.0 Å². The second kappa shape index (κ2) is 6.84. The molecule has 0 aliphatic heterocycles. The lowest BCUT2D eigenvalue weighted by Gasteiger charge is -2.28. The molecule has 2 unspecified atom stereocenters. The van der Waals surface area contributed by atoms with E-state index in [-0.39, 0.29) is 11.9 Å². The van der Waals surface area contributed by atoms with Crippen LogP contribution in [0.15, 0.2) is 23.1 Å². The molecule has 0 amide bonds. The van der Waals surface area contributed by atoms with E-state index < -0.39 is 5.54 Å². The second-order valence-corrected chi connectivity index (χ2v) is 7.16. The SMILES string of the molecule is COC(=O)C1(N)CCCC1CCSc1ccc(C)cc1C. The summed E-state index contributed by atoms with van der Waals surface area (Å²) in [4.78, 5) is 13.2. The quantitative estimate of drug-likeness (QED) is 0.668. The molecule has 0 bridgehead atoms. The van der Waals surface area contributed by atoms with E-state index in [2.05, 4.69) is 32.0 Å². The summed E-state index contributed by atoms with van der Waals surface area (Å²) in [6.07, 6.45) is 3.76. The summed E-state index contributed by atoms with van der Waals surface area (Å²) >= 11 is 1.85. The molecule has 2 N–H and O–H groups in total. The normalized spacial score (nSPS) is 25.0. The predicted octanol–water partition coefficient (Wildman–Crippen LogP) is 3.46. The van der Waals surface area contributed by atoms with Gasteiger partial charge in [0, 0.05) is 4.90 Å². The highest BCUT2D eigenvalue weighted by atomic mass is 32.2. The van der Waals surface area contributed by atoms with E-state index in [1.54, 1.807) is 0 Å². The van der Waals surface area contributed by atoms with Crippen LogP contribution in [0.3, 0.4) is 0 Å². The van der Waals surface area contributed by atoms with Crippen LogP contribution in [0.1, 0.15) is 36.8 Å². The fraction of sp³-hybridized carbons (Fsp3) is 0.588. The van der Waals surface area contributed by atoms with Crippen molar-refractivity contribution in [1.29, 1.82) is 0 Å². The van der Waals surface area contributed by atoms with E-state index in [1.165, 1.54) is 23.1 Å². The molecule has 1 fully saturated rings. The van der Waals surface area contributed by atoms with Gasteiger partial charge in [-0.2, -0.15) is 0 Å². The molecule has 1 saturated carbocycles. The van der Waals surface area contributed by atoms with Crippen LogP contribution < -0.4 is 5.73 Å². The monoisotopic (exact) mass is 307 g/mol. The number of esters is 1. The molecule has 0 radical (unpaired) electrons. The number of carbonyl (C=O) groups is 1. The van der Waals surface area contributed by atoms with Gasteiger partial charge < -0.3 is 10.5 Å². The third kappa shape index (κ3) is 3.61. The summed E-state index contributed by atoms with van der Waals surface area (Å²) in [6.45, 7) is 4.26. The predicted molar refractivity (Wildman–Crippen MR) is 87.5 cm³/mol. The van der Waals surface area contributed by atoms with Crippen LogP contribution >= 0.6 is 11.8 Å². The van der Waals surface area contributed by atoms with Crippen LogP contribution in [-0.2, 0) is 9.53 Å². The van der Waals surface area contributed by atoms with Crippen molar-refractivity contribution in [3.63, 3.8) is 0 Å². The highest BCUT2D eigenvalue weighted by molar-refractivity contribution is 7.99. The van der Waals surface area contributed by atoms with Crippen molar-refractivity contribution in [2.24, 2.45) is 11.7 Å². The van der Waals surface area contributed by atoms with Gasteiger partial charge in [0.05, 0.1) is 7.11 Å². The standard InChI is InChI=1S/C17H25NO2S/c1-12-6-7-15(13(2)11-12)21-10-8-14-5-4-9-17(14,18)16(19)20-3/h6-7,11,14H,4-5,8-10,18H2,1-3H3. The van der Waals surface area contributed by atoms with E-state index in [4.69, 9.17) is 10.5 Å². The summed E-state index contributed by atoms with van der Waals surface area (Å²) in [5.41, 5.74) is 8.15. The average Bonchev–Trinajstić information content (AvgIpc) is 2.83. The molecule has 0 aromatic heterocycles. The Kier molecular flexibility index (Phi) is 5.33. The molecule has 2 atom stereocenters. The van der Waals surface area contributed by atoms with Gasteiger partial charge in [0.15, 0.2) is 0 Å². The molecule has 2 rings (SSSR count). The van der Waals surface area contributed by atoms with E-state index in [9.17, 15) is 4.79 Å². The first-order valence-corrected chi connectivity index (χ1v) is 8.53.